The van der Waals surface area contributed by atoms with Gasteiger partial charge in [0.15, 0.2) is 0 Å². The molecule has 1 aliphatic heterocycles. The summed E-state index contributed by atoms with van der Waals surface area (Å²) in [7, 11) is -5.70. The number of likely N-dealkylation sites (tertiary alicyclic amines) is 1. The fraction of sp³-hybridized carbons (Fsp3) is 0.632. The highest BCUT2D eigenvalue weighted by Crippen LogP contribution is 2.56. The Morgan fingerprint density at radius 2 is 2.00 bits per heavy atom. The topological polar surface area (TPSA) is 63.7 Å². The van der Waals surface area contributed by atoms with Crippen LogP contribution in [0.2, 0.25) is 0 Å². The average molecular weight is 417 g/mol. The number of nitrogens with zero attached hydrogens (tertiary/aromatic N) is 1. The lowest BCUT2D eigenvalue weighted by Gasteiger charge is -2.59. The lowest BCUT2D eigenvalue weighted by Crippen LogP contribution is -2.61. The zero-order valence-electron chi connectivity index (χ0n) is 15.5. The molecule has 4 rings (SSSR count). The van der Waals surface area contributed by atoms with E-state index >= 15 is 0 Å². The molecule has 28 heavy (non-hydrogen) atoms. The number of fused-ring (bicyclic) bond motifs is 1. The molecular weight excluding hydrogens is 395 g/mol. The van der Waals surface area contributed by atoms with E-state index in [9.17, 15) is 26.4 Å². The molecule has 1 saturated heterocycles. The summed E-state index contributed by atoms with van der Waals surface area (Å²) in [6.45, 7) is 2.19. The van der Waals surface area contributed by atoms with Gasteiger partial charge in [-0.25, -0.2) is 0 Å². The second kappa shape index (κ2) is 6.37. The fourth-order valence-electron chi connectivity index (χ4n) is 5.60. The van der Waals surface area contributed by atoms with Gasteiger partial charge in [0.1, 0.15) is 5.75 Å². The third-order valence-electron chi connectivity index (χ3n) is 6.70. The predicted octanol–water partition coefficient (Wildman–Crippen LogP) is 3.52. The van der Waals surface area contributed by atoms with E-state index in [0.29, 0.717) is 13.0 Å². The molecule has 1 amide bonds. The van der Waals surface area contributed by atoms with Crippen LogP contribution in [0.25, 0.3) is 0 Å². The number of alkyl halides is 3. The van der Waals surface area contributed by atoms with Gasteiger partial charge in [0.2, 0.25) is 5.91 Å². The highest BCUT2D eigenvalue weighted by molar-refractivity contribution is 7.88. The highest BCUT2D eigenvalue weighted by atomic mass is 32.2. The second-order valence-corrected chi connectivity index (χ2v) is 9.58. The fourth-order valence-corrected chi connectivity index (χ4v) is 6.05. The Bertz CT molecular complexity index is 914. The lowest BCUT2D eigenvalue weighted by molar-refractivity contribution is -0.138. The van der Waals surface area contributed by atoms with Crippen LogP contribution in [0, 0.1) is 5.92 Å². The largest absolute Gasteiger partial charge is 0.534 e. The monoisotopic (exact) mass is 417 g/mol. The average Bonchev–Trinajstić information content (AvgIpc) is 2.60. The van der Waals surface area contributed by atoms with Gasteiger partial charge < -0.3 is 9.08 Å². The first-order valence-corrected chi connectivity index (χ1v) is 10.9. The molecule has 1 saturated carbocycles. The minimum atomic E-state index is -5.70. The number of piperidine rings is 1. The number of rotatable bonds is 2. The van der Waals surface area contributed by atoms with Crippen LogP contribution in [0.15, 0.2) is 18.2 Å². The van der Waals surface area contributed by atoms with Crippen molar-refractivity contribution in [2.24, 2.45) is 5.92 Å². The molecule has 0 aromatic heterocycles. The summed E-state index contributed by atoms with van der Waals surface area (Å²) in [5.74, 6) is -0.0214. The maximum absolute atomic E-state index is 12.7. The molecule has 2 fully saturated rings. The normalized spacial score (nSPS) is 29.6. The Morgan fingerprint density at radius 3 is 2.68 bits per heavy atom. The first-order chi connectivity index (χ1) is 13.1. The molecule has 9 heteroatoms. The van der Waals surface area contributed by atoms with Crippen molar-refractivity contribution in [3.8, 4) is 5.75 Å². The van der Waals surface area contributed by atoms with Crippen molar-refractivity contribution >= 4 is 16.0 Å². The first-order valence-electron chi connectivity index (χ1n) is 9.46. The molecule has 154 valence electrons. The molecule has 3 aliphatic rings. The standard InChI is InChI=1S/C19H22F3NO4S/c1-12(24)23-9-8-18-7-3-2-4-15(18)17(23)10-13-5-6-14(11-16(13)18)27-28(25,26)19(20,21)22/h5-6,11,15,17H,2-4,7-10H2,1H3/t15-,17+,18+/m1/s1. The van der Waals surface area contributed by atoms with E-state index in [-0.39, 0.29) is 29.0 Å². The summed E-state index contributed by atoms with van der Waals surface area (Å²) in [6, 6.07) is 4.50. The molecule has 0 spiro atoms. The molecule has 1 aromatic carbocycles. The number of hydrogen-bond donors (Lipinski definition) is 0. The summed E-state index contributed by atoms with van der Waals surface area (Å²) < 4.78 is 65.3. The van der Waals surface area contributed by atoms with Gasteiger partial charge in [0, 0.05) is 24.9 Å². The van der Waals surface area contributed by atoms with E-state index in [4.69, 9.17) is 0 Å². The van der Waals surface area contributed by atoms with Crippen LogP contribution in [0.4, 0.5) is 13.2 Å². The van der Waals surface area contributed by atoms with Crippen LogP contribution in [-0.2, 0) is 26.7 Å². The quantitative estimate of drug-likeness (QED) is 0.546. The van der Waals surface area contributed by atoms with Crippen molar-refractivity contribution in [2.75, 3.05) is 6.54 Å². The van der Waals surface area contributed by atoms with Crippen LogP contribution in [0.1, 0.15) is 50.2 Å². The van der Waals surface area contributed by atoms with E-state index in [0.717, 1.165) is 43.2 Å². The lowest BCUT2D eigenvalue weighted by atomic mass is 9.52. The van der Waals surface area contributed by atoms with E-state index in [1.165, 1.54) is 12.1 Å². The molecule has 1 heterocycles. The summed E-state index contributed by atoms with van der Waals surface area (Å²) in [6.07, 6.45) is 5.28. The number of halogens is 3. The highest BCUT2D eigenvalue weighted by Gasteiger charge is 2.55. The van der Waals surface area contributed by atoms with E-state index in [2.05, 4.69) is 4.18 Å². The summed E-state index contributed by atoms with van der Waals surface area (Å²) in [5.41, 5.74) is -3.84. The van der Waals surface area contributed by atoms with Gasteiger partial charge in [-0.1, -0.05) is 18.9 Å². The van der Waals surface area contributed by atoms with Gasteiger partial charge in [-0.05, 0) is 54.9 Å². The molecule has 1 aromatic rings. The molecule has 0 N–H and O–H groups in total. The number of amides is 1. The molecule has 0 radical (unpaired) electrons. The number of carbonyl (C=O) groups is 1. The number of hydrogen-bond acceptors (Lipinski definition) is 4. The molecular formula is C19H22F3NO4S. The number of carbonyl (C=O) groups excluding carboxylic acids is 1. The third-order valence-corrected chi connectivity index (χ3v) is 7.68. The van der Waals surface area contributed by atoms with Crippen LogP contribution >= 0.6 is 0 Å². The molecule has 5 nitrogen and oxygen atoms in total. The Kier molecular flexibility index (Phi) is 4.44. The maximum Gasteiger partial charge on any atom is 0.534 e. The zero-order chi connectivity index (χ0) is 20.3. The molecule has 0 unspecified atom stereocenters. The summed E-state index contributed by atoms with van der Waals surface area (Å²) in [4.78, 5) is 14.0. The van der Waals surface area contributed by atoms with E-state index in [1.54, 1.807) is 13.0 Å². The van der Waals surface area contributed by atoms with Crippen LogP contribution in [0.3, 0.4) is 0 Å². The third kappa shape index (κ3) is 2.89. The Hall–Kier alpha value is -1.77. The van der Waals surface area contributed by atoms with Gasteiger partial charge in [-0.15, -0.1) is 0 Å². The van der Waals surface area contributed by atoms with Crippen molar-refractivity contribution < 1.29 is 30.6 Å². The predicted molar refractivity (Wildman–Crippen MR) is 95.2 cm³/mol. The van der Waals surface area contributed by atoms with Crippen molar-refractivity contribution in [2.45, 2.75) is 62.4 Å². The Balaban J connectivity index is 1.76. The molecule has 2 bridgehead atoms. The minimum Gasteiger partial charge on any atom is -0.376 e. The van der Waals surface area contributed by atoms with E-state index < -0.39 is 15.6 Å². The summed E-state index contributed by atoms with van der Waals surface area (Å²) >= 11 is 0. The van der Waals surface area contributed by atoms with Crippen molar-refractivity contribution in [3.05, 3.63) is 29.3 Å². The molecule has 3 atom stereocenters. The van der Waals surface area contributed by atoms with Gasteiger partial charge in [-0.2, -0.15) is 21.6 Å². The van der Waals surface area contributed by atoms with Gasteiger partial charge >= 0.3 is 15.6 Å². The smallest absolute Gasteiger partial charge is 0.376 e. The minimum absolute atomic E-state index is 0.0452. The maximum atomic E-state index is 12.7. The van der Waals surface area contributed by atoms with Crippen molar-refractivity contribution in [3.63, 3.8) is 0 Å². The Labute approximate surface area is 162 Å². The van der Waals surface area contributed by atoms with Gasteiger partial charge in [0.25, 0.3) is 0 Å². The zero-order valence-corrected chi connectivity index (χ0v) is 16.3. The van der Waals surface area contributed by atoms with Gasteiger partial charge in [0.05, 0.1) is 0 Å². The molecule has 2 aliphatic carbocycles. The van der Waals surface area contributed by atoms with Gasteiger partial charge in [-0.3, -0.25) is 4.79 Å². The summed E-state index contributed by atoms with van der Waals surface area (Å²) in [5, 5.41) is 0. The van der Waals surface area contributed by atoms with E-state index in [1.807, 2.05) is 4.90 Å². The van der Waals surface area contributed by atoms with Crippen molar-refractivity contribution in [1.82, 2.24) is 4.90 Å². The Morgan fingerprint density at radius 1 is 1.25 bits per heavy atom. The SMILES string of the molecule is CC(=O)N1CC[C@@]23CCCC[C@@H]2[C@@H]1Cc1ccc(OS(=O)(=O)C(F)(F)F)cc13. The van der Waals surface area contributed by atoms with Crippen molar-refractivity contribution in [1.29, 1.82) is 0 Å². The van der Waals surface area contributed by atoms with Crippen LogP contribution in [0.5, 0.6) is 5.75 Å². The van der Waals surface area contributed by atoms with Crippen LogP contribution < -0.4 is 4.18 Å². The first kappa shape index (κ1) is 19.5. The van der Waals surface area contributed by atoms with Crippen LogP contribution in [-0.4, -0.2) is 37.3 Å². The number of benzene rings is 1. The second-order valence-electron chi connectivity index (χ2n) is 8.04.